The van der Waals surface area contributed by atoms with Crippen LogP contribution in [0.1, 0.15) is 103 Å². The molecule has 0 amide bonds. The van der Waals surface area contributed by atoms with E-state index in [4.69, 9.17) is 0 Å². The lowest BCUT2D eigenvalue weighted by atomic mass is 10.0. The molecule has 1 aliphatic rings. The van der Waals surface area contributed by atoms with Gasteiger partial charge in [0.2, 0.25) is 0 Å². The van der Waals surface area contributed by atoms with Crippen LogP contribution in [0.5, 0.6) is 0 Å². The average Bonchev–Trinajstić information content (AvgIpc) is 3.08. The second-order valence-corrected chi connectivity index (χ2v) is 7.02. The molecule has 1 aliphatic heterocycles. The van der Waals surface area contributed by atoms with Gasteiger partial charge in [-0.1, -0.05) is 96.5 Å². The van der Waals surface area contributed by atoms with E-state index in [1.165, 1.54) is 95.6 Å². The van der Waals surface area contributed by atoms with Gasteiger partial charge < -0.3 is 5.32 Å². The number of rotatable bonds is 17. The molecular formula is C21H40N2. The Morgan fingerprint density at radius 3 is 1.78 bits per heavy atom. The largest absolute Gasteiger partial charge is 0.311 e. The maximum absolute atomic E-state index is 4.32. The number of nitrogens with one attached hydrogen (secondary N) is 1. The molecule has 1 rings (SSSR count). The summed E-state index contributed by atoms with van der Waals surface area (Å²) in [6.45, 7) is 4.39. The van der Waals surface area contributed by atoms with Crippen molar-refractivity contribution in [2.75, 3.05) is 13.1 Å². The molecule has 0 aromatic heterocycles. The second kappa shape index (κ2) is 16.2. The third kappa shape index (κ3) is 13.5. The number of aliphatic imine (C=N–C) groups is 1. The van der Waals surface area contributed by atoms with E-state index in [1.54, 1.807) is 0 Å². The molecule has 0 bridgehead atoms. The smallest absolute Gasteiger partial charge is 0.0501 e. The Labute approximate surface area is 145 Å². The minimum atomic E-state index is 0.953. The van der Waals surface area contributed by atoms with E-state index in [2.05, 4.69) is 23.3 Å². The van der Waals surface area contributed by atoms with Crippen LogP contribution in [0.2, 0.25) is 0 Å². The van der Waals surface area contributed by atoms with Gasteiger partial charge in [0.1, 0.15) is 0 Å². The third-order valence-corrected chi connectivity index (χ3v) is 4.73. The summed E-state index contributed by atoms with van der Waals surface area (Å²) in [7, 11) is 0. The van der Waals surface area contributed by atoms with Gasteiger partial charge in [-0.15, -0.1) is 0 Å². The van der Waals surface area contributed by atoms with Crippen LogP contribution in [-0.2, 0) is 0 Å². The molecule has 1 heterocycles. The Kier molecular flexibility index (Phi) is 14.4. The molecule has 0 fully saturated rings. The Morgan fingerprint density at radius 1 is 0.783 bits per heavy atom. The van der Waals surface area contributed by atoms with E-state index in [0.29, 0.717) is 0 Å². The van der Waals surface area contributed by atoms with Crippen molar-refractivity contribution < 1.29 is 0 Å². The van der Waals surface area contributed by atoms with Gasteiger partial charge >= 0.3 is 0 Å². The fourth-order valence-electron chi connectivity index (χ4n) is 3.19. The van der Waals surface area contributed by atoms with Gasteiger partial charge in [-0.3, -0.25) is 4.99 Å². The van der Waals surface area contributed by atoms with Crippen molar-refractivity contribution in [3.8, 4) is 0 Å². The van der Waals surface area contributed by atoms with E-state index < -0.39 is 0 Å². The topological polar surface area (TPSA) is 24.4 Å². The summed E-state index contributed by atoms with van der Waals surface area (Å²) in [6, 6.07) is 0. The van der Waals surface area contributed by atoms with E-state index in [9.17, 15) is 0 Å². The zero-order valence-electron chi connectivity index (χ0n) is 15.6. The van der Waals surface area contributed by atoms with Crippen molar-refractivity contribution in [3.05, 3.63) is 11.8 Å². The van der Waals surface area contributed by atoms with Crippen LogP contribution in [0.25, 0.3) is 0 Å². The fourth-order valence-corrected chi connectivity index (χ4v) is 3.19. The SMILES string of the molecule is CCCCCCCCCCCCCCCCNCC1=CCC=N1. The molecule has 0 atom stereocenters. The molecule has 0 spiro atoms. The van der Waals surface area contributed by atoms with Crippen molar-refractivity contribution in [2.24, 2.45) is 4.99 Å². The molecule has 134 valence electrons. The fraction of sp³-hybridized carbons (Fsp3) is 0.857. The van der Waals surface area contributed by atoms with Crippen LogP contribution in [-0.4, -0.2) is 19.3 Å². The number of allylic oxidation sites excluding steroid dienone is 1. The highest BCUT2D eigenvalue weighted by molar-refractivity contribution is 5.64. The van der Waals surface area contributed by atoms with Crippen LogP contribution in [0.3, 0.4) is 0 Å². The number of hydrogen-bond acceptors (Lipinski definition) is 2. The molecule has 0 aromatic carbocycles. The quantitative estimate of drug-likeness (QED) is 0.307. The molecule has 1 N–H and O–H groups in total. The van der Waals surface area contributed by atoms with Crippen LogP contribution < -0.4 is 5.32 Å². The third-order valence-electron chi connectivity index (χ3n) is 4.73. The van der Waals surface area contributed by atoms with Crippen molar-refractivity contribution >= 4 is 6.21 Å². The Hall–Kier alpha value is -0.630. The minimum absolute atomic E-state index is 0.953. The van der Waals surface area contributed by atoms with Crippen molar-refractivity contribution in [1.82, 2.24) is 5.32 Å². The molecule has 23 heavy (non-hydrogen) atoms. The summed E-state index contributed by atoms with van der Waals surface area (Å²) in [6.07, 6.45) is 25.3. The predicted octanol–water partition coefficient (Wildman–Crippen LogP) is 6.42. The summed E-state index contributed by atoms with van der Waals surface area (Å²) in [5, 5.41) is 3.49. The molecule has 0 saturated heterocycles. The minimum Gasteiger partial charge on any atom is -0.311 e. The first-order valence-electron chi connectivity index (χ1n) is 10.4. The van der Waals surface area contributed by atoms with Gasteiger partial charge in [0, 0.05) is 19.2 Å². The highest BCUT2D eigenvalue weighted by Gasteiger charge is 1.98. The Bertz CT molecular complexity index is 307. The maximum atomic E-state index is 4.32. The normalized spacial score (nSPS) is 13.7. The zero-order valence-corrected chi connectivity index (χ0v) is 15.6. The number of hydrogen-bond donors (Lipinski definition) is 1. The van der Waals surface area contributed by atoms with Gasteiger partial charge in [-0.25, -0.2) is 0 Å². The van der Waals surface area contributed by atoms with Crippen molar-refractivity contribution in [2.45, 2.75) is 103 Å². The zero-order chi connectivity index (χ0) is 16.4. The van der Waals surface area contributed by atoms with Crippen LogP contribution in [0.4, 0.5) is 0 Å². The summed E-state index contributed by atoms with van der Waals surface area (Å²) < 4.78 is 0. The maximum Gasteiger partial charge on any atom is 0.0501 e. The van der Waals surface area contributed by atoms with E-state index in [1.807, 2.05) is 6.21 Å². The van der Waals surface area contributed by atoms with E-state index >= 15 is 0 Å². The van der Waals surface area contributed by atoms with Crippen LogP contribution >= 0.6 is 0 Å². The summed E-state index contributed by atoms with van der Waals surface area (Å²) in [4.78, 5) is 4.32. The van der Waals surface area contributed by atoms with Gasteiger partial charge in [-0.2, -0.15) is 0 Å². The Morgan fingerprint density at radius 2 is 1.30 bits per heavy atom. The number of unbranched alkanes of at least 4 members (excludes halogenated alkanes) is 13. The first-order chi connectivity index (χ1) is 11.4. The summed E-state index contributed by atoms with van der Waals surface area (Å²) in [5.41, 5.74) is 1.22. The van der Waals surface area contributed by atoms with Gasteiger partial charge in [0.05, 0.1) is 5.70 Å². The first-order valence-corrected chi connectivity index (χ1v) is 10.4. The molecule has 0 aliphatic carbocycles. The monoisotopic (exact) mass is 320 g/mol. The van der Waals surface area contributed by atoms with Crippen molar-refractivity contribution in [1.29, 1.82) is 0 Å². The lowest BCUT2D eigenvalue weighted by Crippen LogP contribution is -2.17. The molecule has 0 aromatic rings. The average molecular weight is 321 g/mol. The van der Waals surface area contributed by atoms with Gasteiger partial charge in [0.25, 0.3) is 0 Å². The molecule has 0 unspecified atom stereocenters. The second-order valence-electron chi connectivity index (χ2n) is 7.02. The predicted molar refractivity (Wildman–Crippen MR) is 104 cm³/mol. The summed E-state index contributed by atoms with van der Waals surface area (Å²) >= 11 is 0. The molecule has 0 radical (unpaired) electrons. The first kappa shape index (κ1) is 20.4. The van der Waals surface area contributed by atoms with E-state index in [-0.39, 0.29) is 0 Å². The molecular weight excluding hydrogens is 280 g/mol. The van der Waals surface area contributed by atoms with Crippen molar-refractivity contribution in [3.63, 3.8) is 0 Å². The van der Waals surface area contributed by atoms with E-state index in [0.717, 1.165) is 19.5 Å². The lowest BCUT2D eigenvalue weighted by Gasteiger charge is -2.05. The Balaban J connectivity index is 1.66. The molecule has 2 heteroatoms. The summed E-state index contributed by atoms with van der Waals surface area (Å²) in [5.74, 6) is 0. The molecule has 0 saturated carbocycles. The highest BCUT2D eigenvalue weighted by Crippen LogP contribution is 2.12. The highest BCUT2D eigenvalue weighted by atomic mass is 14.9. The lowest BCUT2D eigenvalue weighted by molar-refractivity contribution is 0.531. The van der Waals surface area contributed by atoms with Gasteiger partial charge in [0.15, 0.2) is 0 Å². The standard InChI is InChI=1S/C21H40N2/c1-2-3-4-5-6-7-8-9-10-11-12-13-14-15-18-22-20-21-17-16-19-23-21/h17,19,22H,2-16,18,20H2,1H3. The molecule has 2 nitrogen and oxygen atoms in total. The number of nitrogens with zero attached hydrogens (tertiary/aromatic N) is 1. The van der Waals surface area contributed by atoms with Crippen LogP contribution in [0, 0.1) is 0 Å². The van der Waals surface area contributed by atoms with Crippen LogP contribution in [0.15, 0.2) is 16.8 Å². The van der Waals surface area contributed by atoms with Gasteiger partial charge in [-0.05, 0) is 13.0 Å².